The van der Waals surface area contributed by atoms with E-state index < -0.39 is 5.54 Å². The molecule has 0 bridgehead atoms. The Morgan fingerprint density at radius 3 is 2.75 bits per heavy atom. The number of allylic oxidation sites excluding steroid dienone is 3. The summed E-state index contributed by atoms with van der Waals surface area (Å²) in [5, 5.41) is 2.75. The molecule has 1 aliphatic heterocycles. The van der Waals surface area contributed by atoms with Crippen LogP contribution in [0.2, 0.25) is 0 Å². The summed E-state index contributed by atoms with van der Waals surface area (Å²) in [6, 6.07) is 0. The third-order valence-electron chi connectivity index (χ3n) is 2.66. The van der Waals surface area contributed by atoms with Crippen LogP contribution in [-0.2, 0) is 9.59 Å². The van der Waals surface area contributed by atoms with Gasteiger partial charge in [-0.25, -0.2) is 0 Å². The van der Waals surface area contributed by atoms with Gasteiger partial charge in [0.1, 0.15) is 5.54 Å². The molecule has 0 unspecified atom stereocenters. The quantitative estimate of drug-likeness (QED) is 0.556. The first-order valence-corrected chi connectivity index (χ1v) is 5.39. The Morgan fingerprint density at radius 2 is 2.12 bits per heavy atom. The summed E-state index contributed by atoms with van der Waals surface area (Å²) < 4.78 is 0. The highest BCUT2D eigenvalue weighted by atomic mass is 16.2. The van der Waals surface area contributed by atoms with E-state index in [-0.39, 0.29) is 11.8 Å². The van der Waals surface area contributed by atoms with Crippen LogP contribution in [0, 0.1) is 0 Å². The zero-order valence-electron chi connectivity index (χ0n) is 9.99. The predicted molar refractivity (Wildman–Crippen MR) is 62.8 cm³/mol. The molecule has 0 aromatic rings. The summed E-state index contributed by atoms with van der Waals surface area (Å²) in [5.74, 6) is -0.232. The molecule has 1 N–H and O–H groups in total. The van der Waals surface area contributed by atoms with Gasteiger partial charge in [-0.15, -0.1) is 0 Å². The Bertz CT molecular complexity index is 343. The van der Waals surface area contributed by atoms with Crippen LogP contribution in [0.25, 0.3) is 0 Å². The van der Waals surface area contributed by atoms with Gasteiger partial charge in [-0.2, -0.15) is 0 Å². The number of hydrogen-bond donors (Lipinski definition) is 1. The highest BCUT2D eigenvalue weighted by Crippen LogP contribution is 2.17. The third-order valence-corrected chi connectivity index (χ3v) is 2.66. The molecule has 4 nitrogen and oxygen atoms in total. The van der Waals surface area contributed by atoms with E-state index in [1.807, 2.05) is 13.0 Å². The van der Waals surface area contributed by atoms with E-state index in [1.165, 1.54) is 6.08 Å². The van der Waals surface area contributed by atoms with Crippen molar-refractivity contribution < 1.29 is 9.59 Å². The monoisotopic (exact) mass is 222 g/mol. The fourth-order valence-electron chi connectivity index (χ4n) is 1.62. The van der Waals surface area contributed by atoms with Crippen molar-refractivity contribution in [3.63, 3.8) is 0 Å². The zero-order valence-corrected chi connectivity index (χ0v) is 9.99. The highest BCUT2D eigenvalue weighted by molar-refractivity contribution is 5.96. The van der Waals surface area contributed by atoms with Gasteiger partial charge in [0.05, 0.1) is 0 Å². The lowest BCUT2D eigenvalue weighted by atomic mass is 9.99. The first-order valence-electron chi connectivity index (χ1n) is 5.39. The fourth-order valence-corrected chi connectivity index (χ4v) is 1.62. The Labute approximate surface area is 96.0 Å². The third kappa shape index (κ3) is 2.51. The van der Waals surface area contributed by atoms with Crippen LogP contribution in [-0.4, -0.2) is 35.3 Å². The Balaban J connectivity index is 2.78. The van der Waals surface area contributed by atoms with E-state index in [0.717, 1.165) is 0 Å². The van der Waals surface area contributed by atoms with E-state index in [2.05, 4.69) is 5.32 Å². The standard InChI is InChI=1S/C12H18N2O2/c1-4-5-6-7-10(15)14-9-8-13-11(16)12(14,2)3/h4-7H,8-9H2,1-3H3,(H,13,16). The summed E-state index contributed by atoms with van der Waals surface area (Å²) in [7, 11) is 0. The van der Waals surface area contributed by atoms with E-state index >= 15 is 0 Å². The van der Waals surface area contributed by atoms with Crippen molar-refractivity contribution >= 4 is 11.8 Å². The predicted octanol–water partition coefficient (Wildman–Crippen LogP) is 0.856. The minimum absolute atomic E-state index is 0.105. The molecule has 1 saturated heterocycles. The Morgan fingerprint density at radius 1 is 1.44 bits per heavy atom. The van der Waals surface area contributed by atoms with Crippen LogP contribution >= 0.6 is 0 Å². The topological polar surface area (TPSA) is 49.4 Å². The number of piperazine rings is 1. The SMILES string of the molecule is CC=CC=CC(=O)N1CCNC(=O)C1(C)C. The highest BCUT2D eigenvalue weighted by Gasteiger charge is 2.39. The lowest BCUT2D eigenvalue weighted by Gasteiger charge is -2.40. The normalized spacial score (nSPS) is 20.4. The van der Waals surface area contributed by atoms with Crippen molar-refractivity contribution in [2.24, 2.45) is 0 Å². The molecule has 0 spiro atoms. The molecule has 2 amide bonds. The summed E-state index contributed by atoms with van der Waals surface area (Å²) in [6.07, 6.45) is 6.80. The molecule has 1 rings (SSSR count). The van der Waals surface area contributed by atoms with Crippen LogP contribution in [0.3, 0.4) is 0 Å². The van der Waals surface area contributed by atoms with Crippen LogP contribution in [0.1, 0.15) is 20.8 Å². The van der Waals surface area contributed by atoms with Crippen molar-refractivity contribution in [2.45, 2.75) is 26.3 Å². The second kappa shape index (κ2) is 4.96. The van der Waals surface area contributed by atoms with Gasteiger partial charge < -0.3 is 10.2 Å². The van der Waals surface area contributed by atoms with Crippen LogP contribution < -0.4 is 5.32 Å². The molecular weight excluding hydrogens is 204 g/mol. The molecule has 0 atom stereocenters. The van der Waals surface area contributed by atoms with Crippen molar-refractivity contribution in [1.82, 2.24) is 10.2 Å². The molecule has 1 aliphatic rings. The number of nitrogens with one attached hydrogen (secondary N) is 1. The lowest BCUT2D eigenvalue weighted by Crippen LogP contribution is -2.63. The molecule has 0 aromatic heterocycles. The Hall–Kier alpha value is -1.58. The molecule has 0 aliphatic carbocycles. The van der Waals surface area contributed by atoms with Gasteiger partial charge in [0.2, 0.25) is 11.8 Å². The minimum Gasteiger partial charge on any atom is -0.352 e. The van der Waals surface area contributed by atoms with Crippen LogP contribution in [0.15, 0.2) is 24.3 Å². The number of amides is 2. The van der Waals surface area contributed by atoms with Crippen molar-refractivity contribution in [2.75, 3.05) is 13.1 Å². The van der Waals surface area contributed by atoms with Gasteiger partial charge in [0.25, 0.3) is 0 Å². The number of hydrogen-bond acceptors (Lipinski definition) is 2. The minimum atomic E-state index is -0.768. The Kier molecular flexibility index (Phi) is 3.88. The van der Waals surface area contributed by atoms with Crippen molar-refractivity contribution in [3.8, 4) is 0 Å². The number of nitrogens with zero attached hydrogens (tertiary/aromatic N) is 1. The maximum absolute atomic E-state index is 11.9. The summed E-state index contributed by atoms with van der Waals surface area (Å²) in [4.78, 5) is 25.1. The molecule has 88 valence electrons. The molecule has 4 heteroatoms. The van der Waals surface area contributed by atoms with Gasteiger partial charge in [0.15, 0.2) is 0 Å². The smallest absolute Gasteiger partial charge is 0.247 e. The van der Waals surface area contributed by atoms with Gasteiger partial charge in [0, 0.05) is 19.2 Å². The zero-order chi connectivity index (χ0) is 12.2. The number of carbonyl (C=O) groups is 2. The average molecular weight is 222 g/mol. The number of carbonyl (C=O) groups excluding carboxylic acids is 2. The molecular formula is C12H18N2O2. The molecule has 16 heavy (non-hydrogen) atoms. The van der Waals surface area contributed by atoms with E-state index in [9.17, 15) is 9.59 Å². The first kappa shape index (κ1) is 12.5. The van der Waals surface area contributed by atoms with Gasteiger partial charge >= 0.3 is 0 Å². The summed E-state index contributed by atoms with van der Waals surface area (Å²) >= 11 is 0. The summed E-state index contributed by atoms with van der Waals surface area (Å²) in [6.45, 7) is 6.46. The maximum atomic E-state index is 11.9. The molecule has 1 heterocycles. The molecule has 0 saturated carbocycles. The van der Waals surface area contributed by atoms with Crippen molar-refractivity contribution in [3.05, 3.63) is 24.3 Å². The average Bonchev–Trinajstić information content (AvgIpc) is 2.22. The lowest BCUT2D eigenvalue weighted by molar-refractivity contribution is -0.146. The van der Waals surface area contributed by atoms with E-state index in [1.54, 1.807) is 30.9 Å². The second-order valence-corrected chi connectivity index (χ2v) is 4.19. The first-order chi connectivity index (χ1) is 7.50. The fraction of sp³-hybridized carbons (Fsp3) is 0.500. The largest absolute Gasteiger partial charge is 0.352 e. The summed E-state index contributed by atoms with van der Waals surface area (Å²) in [5.41, 5.74) is -0.768. The van der Waals surface area contributed by atoms with Gasteiger partial charge in [-0.1, -0.05) is 18.2 Å². The molecule has 1 fully saturated rings. The van der Waals surface area contributed by atoms with E-state index in [4.69, 9.17) is 0 Å². The van der Waals surface area contributed by atoms with Gasteiger partial charge in [-0.3, -0.25) is 9.59 Å². The van der Waals surface area contributed by atoms with Crippen molar-refractivity contribution in [1.29, 1.82) is 0 Å². The number of rotatable bonds is 2. The maximum Gasteiger partial charge on any atom is 0.247 e. The van der Waals surface area contributed by atoms with Crippen LogP contribution in [0.5, 0.6) is 0 Å². The van der Waals surface area contributed by atoms with Crippen LogP contribution in [0.4, 0.5) is 0 Å². The van der Waals surface area contributed by atoms with Gasteiger partial charge in [-0.05, 0) is 20.8 Å². The molecule has 0 radical (unpaired) electrons. The van der Waals surface area contributed by atoms with E-state index in [0.29, 0.717) is 13.1 Å². The molecule has 0 aromatic carbocycles. The second-order valence-electron chi connectivity index (χ2n) is 4.19.